The number of nitrogens with one attached hydrogen (secondary N) is 1. The van der Waals surface area contributed by atoms with Gasteiger partial charge in [0.25, 0.3) is 5.91 Å². The second-order valence-electron chi connectivity index (χ2n) is 10.1. The first-order chi connectivity index (χ1) is 17.8. The summed E-state index contributed by atoms with van der Waals surface area (Å²) in [5, 5.41) is 12.3. The molecule has 0 radical (unpaired) electrons. The van der Waals surface area contributed by atoms with Gasteiger partial charge in [0.15, 0.2) is 0 Å². The van der Waals surface area contributed by atoms with Crippen LogP contribution in [0.25, 0.3) is 11.1 Å². The number of carboxylic acids is 1. The molecule has 8 heteroatoms. The maximum atomic E-state index is 13.3. The van der Waals surface area contributed by atoms with Crippen molar-refractivity contribution in [3.8, 4) is 11.1 Å². The third-order valence-corrected chi connectivity index (χ3v) is 7.97. The number of benzene rings is 2. The van der Waals surface area contributed by atoms with Gasteiger partial charge in [0.2, 0.25) is 5.91 Å². The molecule has 202 valence electrons. The number of thioether (sulfide) groups is 1. The van der Waals surface area contributed by atoms with E-state index < -0.39 is 17.9 Å². The second-order valence-corrected chi connectivity index (χ2v) is 11.1. The van der Waals surface area contributed by atoms with E-state index in [-0.39, 0.29) is 24.8 Å². The van der Waals surface area contributed by atoms with Crippen LogP contribution >= 0.6 is 11.8 Å². The van der Waals surface area contributed by atoms with Crippen LogP contribution in [0.1, 0.15) is 73.4 Å². The Morgan fingerprint density at radius 1 is 1.08 bits per heavy atom. The molecule has 0 heterocycles. The van der Waals surface area contributed by atoms with E-state index in [0.717, 1.165) is 35.2 Å². The van der Waals surface area contributed by atoms with Crippen LogP contribution in [0, 0.1) is 12.8 Å². The molecule has 3 rings (SSSR count). The number of nitrogens with zero attached hydrogens (tertiary/aromatic N) is 1. The van der Waals surface area contributed by atoms with E-state index in [4.69, 9.17) is 0 Å². The van der Waals surface area contributed by atoms with Crippen molar-refractivity contribution in [3.63, 3.8) is 0 Å². The Morgan fingerprint density at radius 2 is 1.79 bits per heavy atom. The van der Waals surface area contributed by atoms with Crippen LogP contribution in [0.3, 0.4) is 0 Å². The summed E-state index contributed by atoms with van der Waals surface area (Å²) >= 11 is 1.55. The van der Waals surface area contributed by atoms with Gasteiger partial charge in [0.1, 0.15) is 6.04 Å². The Kier molecular flexibility index (Phi) is 13.5. The SMILES string of the molecule is CSCCC(NC(=O)c1ccc(CN(CCC2CCCCC2)C(C)=O)cc1-c1ccccc1C)C(=O)O.[LiH]. The molecular weight excluding hydrogens is 491 g/mol. The van der Waals surface area contributed by atoms with Crippen LogP contribution in [0.15, 0.2) is 42.5 Å². The first-order valence-corrected chi connectivity index (χ1v) is 14.7. The predicted molar refractivity (Wildman–Crippen MR) is 158 cm³/mol. The maximum absolute atomic E-state index is 13.3. The Balaban J connectivity index is 0.00000507. The number of aryl methyl sites for hydroxylation is 1. The molecule has 0 aromatic heterocycles. The molecule has 1 unspecified atom stereocenters. The average molecular weight is 533 g/mol. The van der Waals surface area contributed by atoms with E-state index in [1.54, 1.807) is 24.8 Å². The summed E-state index contributed by atoms with van der Waals surface area (Å²) < 4.78 is 0. The third-order valence-electron chi connectivity index (χ3n) is 7.33. The number of rotatable bonds is 12. The fourth-order valence-corrected chi connectivity index (χ4v) is 5.57. The molecule has 38 heavy (non-hydrogen) atoms. The average Bonchev–Trinajstić information content (AvgIpc) is 2.89. The Bertz CT molecular complexity index is 1090. The van der Waals surface area contributed by atoms with E-state index >= 15 is 0 Å². The molecule has 2 aromatic rings. The van der Waals surface area contributed by atoms with Crippen molar-refractivity contribution in [1.82, 2.24) is 10.2 Å². The summed E-state index contributed by atoms with van der Waals surface area (Å²) in [6.07, 6.45) is 9.69. The minimum absolute atomic E-state index is 0. The molecule has 2 N–H and O–H groups in total. The van der Waals surface area contributed by atoms with Crippen molar-refractivity contribution in [2.45, 2.75) is 71.4 Å². The Morgan fingerprint density at radius 3 is 2.42 bits per heavy atom. The number of carbonyl (C=O) groups is 3. The van der Waals surface area contributed by atoms with Gasteiger partial charge in [-0.2, -0.15) is 11.8 Å². The van der Waals surface area contributed by atoms with E-state index in [9.17, 15) is 19.5 Å². The van der Waals surface area contributed by atoms with Crippen LogP contribution < -0.4 is 5.32 Å². The minimum atomic E-state index is -1.04. The van der Waals surface area contributed by atoms with Gasteiger partial charge in [-0.1, -0.05) is 62.4 Å². The molecule has 1 aliphatic rings. The van der Waals surface area contributed by atoms with Gasteiger partial charge in [0, 0.05) is 25.6 Å². The molecule has 0 bridgehead atoms. The van der Waals surface area contributed by atoms with Gasteiger partial charge in [-0.05, 0) is 72.1 Å². The van der Waals surface area contributed by atoms with Gasteiger partial charge in [0.05, 0.1) is 0 Å². The molecule has 1 atom stereocenters. The van der Waals surface area contributed by atoms with Crippen molar-refractivity contribution in [2.24, 2.45) is 5.92 Å². The molecule has 2 aromatic carbocycles. The first kappa shape index (κ1) is 32.0. The van der Waals surface area contributed by atoms with Crippen LogP contribution in [0.2, 0.25) is 0 Å². The zero-order valence-corrected chi connectivity index (χ0v) is 23.1. The predicted octanol–water partition coefficient (Wildman–Crippen LogP) is 5.27. The summed E-state index contributed by atoms with van der Waals surface area (Å²) in [5.74, 6) is -0.0565. The molecule has 2 amide bonds. The van der Waals surface area contributed by atoms with Gasteiger partial charge < -0.3 is 15.3 Å². The van der Waals surface area contributed by atoms with Crippen LogP contribution in [-0.2, 0) is 16.1 Å². The van der Waals surface area contributed by atoms with E-state index in [1.807, 2.05) is 54.5 Å². The standard InChI is InChI=1S/C30H40N2O4S.Li.H/c1-21-9-7-8-12-25(21)27-19-24(20-32(22(2)33)17-15-23-10-5-4-6-11-23)13-14-26(27)29(34)31-28(30(35)36)16-18-37-3;;/h7-9,12-14,19,23,28H,4-6,10-11,15-18,20H2,1-3H3,(H,31,34)(H,35,36);;. The number of hydrogen-bond acceptors (Lipinski definition) is 4. The normalized spacial score (nSPS) is 14.3. The molecule has 0 saturated heterocycles. The molecular formula is C30H41LiN2O4S. The van der Waals surface area contributed by atoms with E-state index in [0.29, 0.717) is 30.2 Å². The molecule has 1 aliphatic carbocycles. The van der Waals surface area contributed by atoms with Crippen molar-refractivity contribution in [2.75, 3.05) is 18.6 Å². The monoisotopic (exact) mass is 532 g/mol. The summed E-state index contributed by atoms with van der Waals surface area (Å²) in [4.78, 5) is 39.4. The Labute approximate surface area is 243 Å². The third kappa shape index (κ3) is 9.22. The fourth-order valence-electron chi connectivity index (χ4n) is 5.10. The quantitative estimate of drug-likeness (QED) is 0.364. The summed E-state index contributed by atoms with van der Waals surface area (Å²) in [6, 6.07) is 12.5. The van der Waals surface area contributed by atoms with Crippen LogP contribution in [0.5, 0.6) is 0 Å². The van der Waals surface area contributed by atoms with Crippen molar-refractivity contribution < 1.29 is 19.5 Å². The van der Waals surface area contributed by atoms with Gasteiger partial charge >= 0.3 is 24.8 Å². The number of aliphatic carboxylic acids is 1. The fraction of sp³-hybridized carbons (Fsp3) is 0.500. The number of carboxylic acid groups (broad SMARTS) is 1. The molecule has 0 aliphatic heterocycles. The number of carbonyl (C=O) groups excluding carboxylic acids is 2. The van der Waals surface area contributed by atoms with Crippen LogP contribution in [-0.4, -0.2) is 71.2 Å². The van der Waals surface area contributed by atoms with Gasteiger partial charge in [-0.25, -0.2) is 4.79 Å². The number of hydrogen-bond donors (Lipinski definition) is 2. The molecule has 0 spiro atoms. The molecule has 1 fully saturated rings. The van der Waals surface area contributed by atoms with Crippen LogP contribution in [0.4, 0.5) is 0 Å². The zero-order valence-electron chi connectivity index (χ0n) is 22.3. The topological polar surface area (TPSA) is 86.7 Å². The van der Waals surface area contributed by atoms with E-state index in [2.05, 4.69) is 5.32 Å². The molecule has 1 saturated carbocycles. The van der Waals surface area contributed by atoms with Gasteiger partial charge in [-0.15, -0.1) is 0 Å². The first-order valence-electron chi connectivity index (χ1n) is 13.3. The summed E-state index contributed by atoms with van der Waals surface area (Å²) in [7, 11) is 0. The zero-order chi connectivity index (χ0) is 26.8. The van der Waals surface area contributed by atoms with E-state index in [1.165, 1.54) is 32.1 Å². The Hall–Kier alpha value is -2.20. The number of amides is 2. The summed E-state index contributed by atoms with van der Waals surface area (Å²) in [5.41, 5.74) is 4.07. The molecule has 6 nitrogen and oxygen atoms in total. The van der Waals surface area contributed by atoms with Crippen molar-refractivity contribution >= 4 is 48.4 Å². The van der Waals surface area contributed by atoms with Crippen molar-refractivity contribution in [1.29, 1.82) is 0 Å². The summed E-state index contributed by atoms with van der Waals surface area (Å²) in [6.45, 7) is 4.83. The van der Waals surface area contributed by atoms with Gasteiger partial charge in [-0.3, -0.25) is 9.59 Å². The van der Waals surface area contributed by atoms with Crippen molar-refractivity contribution in [3.05, 3.63) is 59.2 Å². The second kappa shape index (κ2) is 16.0.